The average molecular weight is 409 g/mol. The lowest BCUT2D eigenvalue weighted by Gasteiger charge is -2.44. The summed E-state index contributed by atoms with van der Waals surface area (Å²) in [7, 11) is 0. The van der Waals surface area contributed by atoms with Crippen LogP contribution in [0.15, 0.2) is 41.5 Å². The van der Waals surface area contributed by atoms with Gasteiger partial charge in [-0.2, -0.15) is 5.10 Å². The number of benzene rings is 1. The lowest BCUT2D eigenvalue weighted by Crippen LogP contribution is -2.52. The van der Waals surface area contributed by atoms with E-state index in [1.165, 1.54) is 25.9 Å². The van der Waals surface area contributed by atoms with Crippen molar-refractivity contribution in [3.63, 3.8) is 0 Å². The van der Waals surface area contributed by atoms with E-state index >= 15 is 0 Å². The van der Waals surface area contributed by atoms with Gasteiger partial charge in [-0.05, 0) is 63.9 Å². The fraction of sp³-hybridized carbons (Fsp3) is 0.455. The van der Waals surface area contributed by atoms with Crippen molar-refractivity contribution in [3.05, 3.63) is 36.4 Å². The number of carbonyl (C=O) groups excluding carboxylic acids is 1. The topological polar surface area (TPSA) is 88.9 Å². The summed E-state index contributed by atoms with van der Waals surface area (Å²) in [6, 6.07) is 11.4. The standard InChI is InChI=1S/C22H27N5O3/c1-3-29-22(28)15(2)23-24-18-6-4-16(5-7-18)19-8-9-21(26-25-19)30-20-14-27-12-10-17(20)11-13-27/h4-9,17,20,24H,3,10-14H2,1-2H3/b23-15-/t20-/m0/s1. The minimum Gasteiger partial charge on any atom is -0.472 e. The predicted octanol–water partition coefficient (Wildman–Crippen LogP) is 2.97. The number of piperidine rings is 3. The van der Waals surface area contributed by atoms with Crippen LogP contribution in [0.3, 0.4) is 0 Å². The molecule has 0 spiro atoms. The summed E-state index contributed by atoms with van der Waals surface area (Å²) >= 11 is 0. The molecule has 1 aromatic heterocycles. The highest BCUT2D eigenvalue weighted by Gasteiger charge is 2.35. The van der Waals surface area contributed by atoms with E-state index in [2.05, 4.69) is 25.6 Å². The molecule has 1 aromatic carbocycles. The summed E-state index contributed by atoms with van der Waals surface area (Å²) < 4.78 is 11.0. The van der Waals surface area contributed by atoms with Gasteiger partial charge in [0.2, 0.25) is 5.88 Å². The first-order valence-corrected chi connectivity index (χ1v) is 10.4. The maximum atomic E-state index is 11.6. The number of ether oxygens (including phenoxy) is 2. The van der Waals surface area contributed by atoms with Crippen molar-refractivity contribution in [2.24, 2.45) is 11.0 Å². The molecule has 0 saturated carbocycles. The highest BCUT2D eigenvalue weighted by atomic mass is 16.5. The van der Waals surface area contributed by atoms with Gasteiger partial charge in [-0.3, -0.25) is 10.3 Å². The number of fused-ring (bicyclic) bond motifs is 3. The van der Waals surface area contributed by atoms with Gasteiger partial charge in [0.15, 0.2) is 0 Å². The maximum absolute atomic E-state index is 11.6. The number of carbonyl (C=O) groups is 1. The van der Waals surface area contributed by atoms with E-state index in [9.17, 15) is 4.79 Å². The van der Waals surface area contributed by atoms with E-state index in [0.717, 1.165) is 23.5 Å². The molecule has 4 heterocycles. The summed E-state index contributed by atoms with van der Waals surface area (Å²) in [5.41, 5.74) is 5.60. The van der Waals surface area contributed by atoms with Gasteiger partial charge < -0.3 is 9.47 Å². The zero-order valence-electron chi connectivity index (χ0n) is 17.4. The minimum atomic E-state index is -0.433. The van der Waals surface area contributed by atoms with Gasteiger partial charge in [0.05, 0.1) is 18.0 Å². The van der Waals surface area contributed by atoms with Crippen LogP contribution in [-0.4, -0.2) is 59.1 Å². The third-order valence-corrected chi connectivity index (χ3v) is 5.61. The Labute approximate surface area is 176 Å². The molecule has 0 amide bonds. The molecule has 30 heavy (non-hydrogen) atoms. The van der Waals surface area contributed by atoms with Crippen LogP contribution in [0.4, 0.5) is 5.69 Å². The van der Waals surface area contributed by atoms with Crippen LogP contribution < -0.4 is 10.2 Å². The number of hydrogen-bond acceptors (Lipinski definition) is 8. The molecule has 158 valence electrons. The molecule has 0 radical (unpaired) electrons. The first-order chi connectivity index (χ1) is 14.6. The van der Waals surface area contributed by atoms with Crippen molar-refractivity contribution < 1.29 is 14.3 Å². The van der Waals surface area contributed by atoms with Gasteiger partial charge in [-0.15, -0.1) is 10.2 Å². The van der Waals surface area contributed by atoms with Crippen LogP contribution in [0.2, 0.25) is 0 Å². The Kier molecular flexibility index (Phi) is 6.23. The van der Waals surface area contributed by atoms with Gasteiger partial charge in [0.25, 0.3) is 0 Å². The van der Waals surface area contributed by atoms with Crippen molar-refractivity contribution in [2.75, 3.05) is 31.7 Å². The lowest BCUT2D eigenvalue weighted by molar-refractivity contribution is -0.135. The predicted molar refractivity (Wildman–Crippen MR) is 114 cm³/mol. The molecule has 8 nitrogen and oxygen atoms in total. The Balaban J connectivity index is 1.35. The van der Waals surface area contributed by atoms with E-state index < -0.39 is 5.97 Å². The van der Waals surface area contributed by atoms with Crippen LogP contribution in [0.1, 0.15) is 26.7 Å². The number of esters is 1. The molecule has 1 N–H and O–H groups in total. The SMILES string of the molecule is CCOC(=O)/C(C)=N\Nc1ccc(-c2ccc(O[C@H]3CN4CCC3CC4)nn2)cc1. The molecular formula is C22H27N5O3. The Morgan fingerprint density at radius 1 is 1.17 bits per heavy atom. The number of aromatic nitrogens is 2. The largest absolute Gasteiger partial charge is 0.472 e. The van der Waals surface area contributed by atoms with E-state index in [4.69, 9.17) is 9.47 Å². The van der Waals surface area contributed by atoms with Gasteiger partial charge in [-0.1, -0.05) is 12.1 Å². The third kappa shape index (κ3) is 4.76. The van der Waals surface area contributed by atoms with Gasteiger partial charge in [0.1, 0.15) is 11.8 Å². The van der Waals surface area contributed by atoms with Crippen molar-refractivity contribution >= 4 is 17.4 Å². The van der Waals surface area contributed by atoms with Crippen molar-refractivity contribution in [2.45, 2.75) is 32.8 Å². The second kappa shape index (κ2) is 9.21. The second-order valence-electron chi connectivity index (χ2n) is 7.66. The van der Waals surface area contributed by atoms with E-state index in [-0.39, 0.29) is 11.8 Å². The Hall–Kier alpha value is -3.00. The van der Waals surface area contributed by atoms with Crippen LogP contribution in [0, 0.1) is 5.92 Å². The molecule has 2 bridgehead atoms. The Morgan fingerprint density at radius 2 is 1.93 bits per heavy atom. The number of nitrogens with zero attached hydrogens (tertiary/aromatic N) is 4. The van der Waals surface area contributed by atoms with Gasteiger partial charge in [0, 0.05) is 18.2 Å². The Bertz CT molecular complexity index is 890. The summed E-state index contributed by atoms with van der Waals surface area (Å²) in [6.45, 7) is 7.05. The molecular weight excluding hydrogens is 382 g/mol. The lowest BCUT2D eigenvalue weighted by atomic mass is 9.86. The van der Waals surface area contributed by atoms with Crippen LogP contribution in [0.25, 0.3) is 11.3 Å². The first kappa shape index (κ1) is 20.3. The van der Waals surface area contributed by atoms with Crippen LogP contribution in [-0.2, 0) is 9.53 Å². The highest BCUT2D eigenvalue weighted by molar-refractivity contribution is 6.35. The zero-order chi connectivity index (χ0) is 20.9. The van der Waals surface area contributed by atoms with Gasteiger partial charge >= 0.3 is 5.97 Å². The number of nitrogens with one attached hydrogen (secondary N) is 1. The quantitative estimate of drug-likeness (QED) is 0.427. The molecule has 3 saturated heterocycles. The molecule has 0 aliphatic carbocycles. The highest BCUT2D eigenvalue weighted by Crippen LogP contribution is 2.30. The number of hydrazone groups is 1. The summed E-state index contributed by atoms with van der Waals surface area (Å²) in [5, 5.41) is 12.6. The van der Waals surface area contributed by atoms with E-state index in [0.29, 0.717) is 18.4 Å². The van der Waals surface area contributed by atoms with Crippen LogP contribution >= 0.6 is 0 Å². The number of rotatable bonds is 7. The average Bonchev–Trinajstić information content (AvgIpc) is 2.79. The maximum Gasteiger partial charge on any atom is 0.354 e. The summed E-state index contributed by atoms with van der Waals surface area (Å²) in [6.07, 6.45) is 2.64. The Morgan fingerprint density at radius 3 is 2.53 bits per heavy atom. The monoisotopic (exact) mass is 409 g/mol. The molecule has 5 rings (SSSR count). The molecule has 3 fully saturated rings. The third-order valence-electron chi connectivity index (χ3n) is 5.61. The molecule has 8 heteroatoms. The van der Waals surface area contributed by atoms with Crippen molar-refractivity contribution in [1.82, 2.24) is 15.1 Å². The molecule has 3 aliphatic rings. The number of hydrogen-bond donors (Lipinski definition) is 1. The van der Waals surface area contributed by atoms with Crippen LogP contribution in [0.5, 0.6) is 5.88 Å². The molecule has 1 atom stereocenters. The summed E-state index contributed by atoms with van der Waals surface area (Å²) in [4.78, 5) is 14.0. The fourth-order valence-electron chi connectivity index (χ4n) is 3.88. The first-order valence-electron chi connectivity index (χ1n) is 10.4. The van der Waals surface area contributed by atoms with Gasteiger partial charge in [-0.25, -0.2) is 4.79 Å². The fourth-order valence-corrected chi connectivity index (χ4v) is 3.88. The normalized spacial score (nSPS) is 23.1. The molecule has 2 aromatic rings. The van der Waals surface area contributed by atoms with Crippen molar-refractivity contribution in [1.29, 1.82) is 0 Å². The number of anilines is 1. The zero-order valence-corrected chi connectivity index (χ0v) is 17.4. The van der Waals surface area contributed by atoms with Crippen molar-refractivity contribution in [3.8, 4) is 17.1 Å². The second-order valence-corrected chi connectivity index (χ2v) is 7.66. The van der Waals surface area contributed by atoms with E-state index in [1.807, 2.05) is 36.4 Å². The summed E-state index contributed by atoms with van der Waals surface area (Å²) in [5.74, 6) is 0.781. The minimum absolute atomic E-state index is 0.219. The van der Waals surface area contributed by atoms with E-state index in [1.54, 1.807) is 13.8 Å². The smallest absolute Gasteiger partial charge is 0.354 e. The molecule has 0 unspecified atom stereocenters. The molecule has 3 aliphatic heterocycles.